The van der Waals surface area contributed by atoms with Crippen LogP contribution in [-0.4, -0.2) is 74.9 Å². The molecule has 2 unspecified atom stereocenters. The molecule has 0 aliphatic heterocycles. The van der Waals surface area contributed by atoms with Crippen molar-refractivity contribution in [2.45, 2.75) is 71.3 Å². The number of carbonyl (C=O) groups excluding carboxylic acids is 2. The van der Waals surface area contributed by atoms with Crippen molar-refractivity contribution in [1.29, 1.82) is 0 Å². The lowest BCUT2D eigenvalue weighted by Gasteiger charge is -2.24. The standard InChI is InChI=1S/C34H54NO8P/c1-6-8-10-12-14-15-16-17-18-19-21-23-25-27-34(37)43-32(31-42-44(38,39)41-29-28-35(3,4)5)30-40-33(36)26-24-22-20-13-11-9-7-2/h8-12,14-22,32H,6-7,13,23-31H2,1-5H3/p+1/b10-8+,11-9+,14-12+,16-15+,18-17+,21-19+,22-20+. The van der Waals surface area contributed by atoms with Crippen LogP contribution in [0.4, 0.5) is 0 Å². The summed E-state index contributed by atoms with van der Waals surface area (Å²) in [5.74, 6) is -0.990. The van der Waals surface area contributed by atoms with Crippen LogP contribution in [0.25, 0.3) is 0 Å². The Labute approximate surface area is 265 Å². The molecule has 0 spiro atoms. The van der Waals surface area contributed by atoms with Crippen LogP contribution in [0, 0.1) is 0 Å². The Morgan fingerprint density at radius 3 is 1.98 bits per heavy atom. The quantitative estimate of drug-likeness (QED) is 0.0277. The van der Waals surface area contributed by atoms with E-state index in [2.05, 4.69) is 32.1 Å². The lowest BCUT2D eigenvalue weighted by atomic mass is 10.2. The molecule has 248 valence electrons. The molecular formula is C34H55NO8P+. The predicted octanol–water partition coefficient (Wildman–Crippen LogP) is 7.34. The molecular weight excluding hydrogens is 581 g/mol. The number of nitrogens with zero attached hydrogens (tertiary/aromatic N) is 1. The second kappa shape index (κ2) is 26.6. The fraction of sp³-hybridized carbons (Fsp3) is 0.529. The maximum atomic E-state index is 12.5. The van der Waals surface area contributed by atoms with Gasteiger partial charge < -0.3 is 18.9 Å². The molecule has 10 heteroatoms. The maximum Gasteiger partial charge on any atom is 0.472 e. The van der Waals surface area contributed by atoms with Crippen LogP contribution in [0.5, 0.6) is 0 Å². The molecule has 0 fully saturated rings. The van der Waals surface area contributed by atoms with E-state index < -0.39 is 32.5 Å². The van der Waals surface area contributed by atoms with Crippen LogP contribution in [0.15, 0.2) is 85.1 Å². The van der Waals surface area contributed by atoms with E-state index in [4.69, 9.17) is 18.5 Å². The molecule has 0 amide bonds. The molecule has 0 radical (unpaired) electrons. The molecule has 0 aromatic carbocycles. The zero-order chi connectivity index (χ0) is 32.9. The smallest absolute Gasteiger partial charge is 0.462 e. The molecule has 0 saturated carbocycles. The van der Waals surface area contributed by atoms with Crippen LogP contribution in [0.2, 0.25) is 0 Å². The Morgan fingerprint density at radius 2 is 1.34 bits per heavy atom. The number of unbranched alkanes of at least 4 members (excludes halogenated alkanes) is 1. The van der Waals surface area contributed by atoms with Gasteiger partial charge in [-0.05, 0) is 38.5 Å². The van der Waals surface area contributed by atoms with Crippen LogP contribution < -0.4 is 0 Å². The fourth-order valence-electron chi connectivity index (χ4n) is 3.16. The third-order valence-electron chi connectivity index (χ3n) is 5.56. The Kier molecular flexibility index (Phi) is 24.9. The van der Waals surface area contributed by atoms with E-state index >= 15 is 0 Å². The zero-order valence-corrected chi connectivity index (χ0v) is 28.2. The van der Waals surface area contributed by atoms with Crippen molar-refractivity contribution in [3.63, 3.8) is 0 Å². The molecule has 0 heterocycles. The minimum Gasteiger partial charge on any atom is -0.462 e. The zero-order valence-electron chi connectivity index (χ0n) is 27.3. The number of hydrogen-bond donors (Lipinski definition) is 1. The van der Waals surface area contributed by atoms with Gasteiger partial charge in [-0.2, -0.15) is 0 Å². The van der Waals surface area contributed by atoms with Gasteiger partial charge >= 0.3 is 19.8 Å². The van der Waals surface area contributed by atoms with Gasteiger partial charge in [0.05, 0.1) is 27.7 Å². The number of rotatable bonds is 25. The molecule has 2 atom stereocenters. The summed E-state index contributed by atoms with van der Waals surface area (Å²) in [7, 11) is 1.38. The van der Waals surface area contributed by atoms with Crippen molar-refractivity contribution < 1.29 is 42.1 Å². The van der Waals surface area contributed by atoms with E-state index in [0.717, 1.165) is 19.3 Å². The lowest BCUT2D eigenvalue weighted by molar-refractivity contribution is -0.870. The highest BCUT2D eigenvalue weighted by atomic mass is 31.2. The second-order valence-corrected chi connectivity index (χ2v) is 12.3. The van der Waals surface area contributed by atoms with Gasteiger partial charge in [-0.25, -0.2) is 4.57 Å². The average Bonchev–Trinajstić information content (AvgIpc) is 2.95. The van der Waals surface area contributed by atoms with Crippen molar-refractivity contribution in [3.05, 3.63) is 85.1 Å². The number of ether oxygens (including phenoxy) is 2. The van der Waals surface area contributed by atoms with E-state index in [0.29, 0.717) is 30.3 Å². The summed E-state index contributed by atoms with van der Waals surface area (Å²) in [6.07, 6.45) is 31.3. The Morgan fingerprint density at radius 1 is 0.727 bits per heavy atom. The largest absolute Gasteiger partial charge is 0.472 e. The Hall–Kier alpha value is -2.81. The first-order valence-electron chi connectivity index (χ1n) is 15.4. The third-order valence-corrected chi connectivity index (χ3v) is 6.55. The van der Waals surface area contributed by atoms with E-state index in [9.17, 15) is 19.0 Å². The van der Waals surface area contributed by atoms with Gasteiger partial charge in [0.25, 0.3) is 0 Å². The van der Waals surface area contributed by atoms with E-state index in [1.165, 1.54) is 0 Å². The number of quaternary nitrogens is 1. The summed E-state index contributed by atoms with van der Waals surface area (Å²) in [4.78, 5) is 34.7. The van der Waals surface area contributed by atoms with E-state index in [-0.39, 0.29) is 26.1 Å². The number of esters is 2. The molecule has 1 N–H and O–H groups in total. The maximum absolute atomic E-state index is 12.5. The second-order valence-electron chi connectivity index (χ2n) is 10.8. The summed E-state index contributed by atoms with van der Waals surface area (Å²) in [6, 6.07) is 0. The third kappa shape index (κ3) is 29.3. The summed E-state index contributed by atoms with van der Waals surface area (Å²) < 4.78 is 33.7. The minimum atomic E-state index is -4.39. The van der Waals surface area contributed by atoms with Crippen molar-refractivity contribution in [1.82, 2.24) is 0 Å². The number of carbonyl (C=O) groups is 2. The van der Waals surface area contributed by atoms with Crippen LogP contribution >= 0.6 is 7.82 Å². The minimum absolute atomic E-state index is 0.00512. The number of allylic oxidation sites excluding steroid dienone is 14. The first-order valence-corrected chi connectivity index (χ1v) is 16.9. The SMILES string of the molecule is CC/C=C/C=C/C=C/C=C/C=C/CCCC(=O)OC(COC(=O)CC/C=C/C/C=C/CC)COP(=O)(O)OCC[N+](C)(C)C. The van der Waals surface area contributed by atoms with Gasteiger partial charge in [-0.3, -0.25) is 18.6 Å². The molecule has 0 aromatic heterocycles. The van der Waals surface area contributed by atoms with Crippen LogP contribution in [0.1, 0.15) is 65.2 Å². The summed E-state index contributed by atoms with van der Waals surface area (Å²) in [5, 5.41) is 0. The van der Waals surface area contributed by atoms with Crippen LogP contribution in [0.3, 0.4) is 0 Å². The first-order chi connectivity index (χ1) is 21.0. The molecule has 0 aliphatic rings. The molecule has 0 aromatic rings. The summed E-state index contributed by atoms with van der Waals surface area (Å²) in [5.41, 5.74) is 0. The van der Waals surface area contributed by atoms with Crippen molar-refractivity contribution in [2.75, 3.05) is 47.5 Å². The molecule has 44 heavy (non-hydrogen) atoms. The average molecular weight is 637 g/mol. The molecule has 0 saturated heterocycles. The Bertz CT molecular complexity index is 1030. The highest BCUT2D eigenvalue weighted by Gasteiger charge is 2.26. The Balaban J connectivity index is 4.77. The van der Waals surface area contributed by atoms with Gasteiger partial charge in [-0.1, -0.05) is 98.9 Å². The highest BCUT2D eigenvalue weighted by Crippen LogP contribution is 2.43. The molecule has 0 rings (SSSR count). The number of hydrogen-bond acceptors (Lipinski definition) is 7. The van der Waals surface area contributed by atoms with Gasteiger partial charge in [0.1, 0.15) is 19.8 Å². The number of phosphoric ester groups is 1. The lowest BCUT2D eigenvalue weighted by Crippen LogP contribution is -2.37. The van der Waals surface area contributed by atoms with Crippen molar-refractivity contribution in [3.8, 4) is 0 Å². The van der Waals surface area contributed by atoms with E-state index in [1.807, 2.05) is 88.0 Å². The van der Waals surface area contributed by atoms with Gasteiger partial charge in [0.2, 0.25) is 0 Å². The first kappa shape index (κ1) is 41.2. The summed E-state index contributed by atoms with van der Waals surface area (Å²) >= 11 is 0. The molecule has 9 nitrogen and oxygen atoms in total. The topological polar surface area (TPSA) is 108 Å². The summed E-state index contributed by atoms with van der Waals surface area (Å²) in [6.45, 7) is 3.89. The normalized spacial score (nSPS) is 15.1. The van der Waals surface area contributed by atoms with Crippen molar-refractivity contribution in [2.24, 2.45) is 0 Å². The predicted molar refractivity (Wildman–Crippen MR) is 178 cm³/mol. The monoisotopic (exact) mass is 636 g/mol. The number of phosphoric acid groups is 1. The van der Waals surface area contributed by atoms with Crippen molar-refractivity contribution >= 4 is 19.8 Å². The van der Waals surface area contributed by atoms with Crippen LogP contribution in [-0.2, 0) is 32.7 Å². The molecule has 0 aliphatic carbocycles. The molecule has 0 bridgehead atoms. The van der Waals surface area contributed by atoms with Gasteiger partial charge in [0.15, 0.2) is 6.10 Å². The van der Waals surface area contributed by atoms with Gasteiger partial charge in [-0.15, -0.1) is 0 Å². The van der Waals surface area contributed by atoms with E-state index in [1.54, 1.807) is 0 Å². The highest BCUT2D eigenvalue weighted by molar-refractivity contribution is 7.47. The number of likely N-dealkylation sites (N-methyl/N-ethyl adjacent to an activating group) is 1. The fourth-order valence-corrected chi connectivity index (χ4v) is 3.90. The van der Waals surface area contributed by atoms with Gasteiger partial charge in [0, 0.05) is 12.8 Å².